The molecule has 0 amide bonds. The molecular formula is C33H39O6S-. The van der Waals surface area contributed by atoms with Gasteiger partial charge in [0.2, 0.25) is 0 Å². The molecule has 3 rings (SSSR count). The second kappa shape index (κ2) is 16.1. The Hall–Kier alpha value is -3.31. The van der Waals surface area contributed by atoms with Gasteiger partial charge in [-0.3, -0.25) is 0 Å². The van der Waals surface area contributed by atoms with Crippen molar-refractivity contribution in [1.29, 1.82) is 0 Å². The SMILES string of the molecule is CCCCCCCCCCC#CC(O)c1ccccc1-c1ccc(Oc2ccccc2OCC)c(S(=O)(=O)[O-])c1. The molecule has 7 heteroatoms. The van der Waals surface area contributed by atoms with E-state index in [0.717, 1.165) is 12.8 Å². The van der Waals surface area contributed by atoms with Crippen LogP contribution in [-0.2, 0) is 10.1 Å². The fourth-order valence-electron chi connectivity index (χ4n) is 4.48. The standard InChI is InChI=1S/C33H40O6S/c1-3-5-6-7-8-9-10-11-12-13-20-29(34)28-19-15-14-18-27(28)26-23-24-32(33(25-26)40(35,36)37)39-31-22-17-16-21-30(31)38-4-2/h14-19,21-25,29,34H,3-12H2,1-2H3,(H,35,36,37)/p-1. The maximum absolute atomic E-state index is 12.2. The Kier molecular flexibility index (Phi) is 12.5. The van der Waals surface area contributed by atoms with E-state index in [0.29, 0.717) is 41.2 Å². The van der Waals surface area contributed by atoms with Gasteiger partial charge in [0.1, 0.15) is 22.0 Å². The van der Waals surface area contributed by atoms with Crippen LogP contribution in [0.3, 0.4) is 0 Å². The molecule has 0 fully saturated rings. The molecule has 0 saturated heterocycles. The first-order chi connectivity index (χ1) is 19.3. The lowest BCUT2D eigenvalue weighted by Gasteiger charge is -2.18. The molecule has 1 N–H and O–H groups in total. The van der Waals surface area contributed by atoms with Gasteiger partial charge in [-0.25, -0.2) is 8.42 Å². The summed E-state index contributed by atoms with van der Waals surface area (Å²) < 4.78 is 48.1. The molecular weight excluding hydrogens is 524 g/mol. The molecule has 1 atom stereocenters. The number of aliphatic hydroxyl groups excluding tert-OH is 1. The van der Waals surface area contributed by atoms with Crippen LogP contribution >= 0.6 is 0 Å². The van der Waals surface area contributed by atoms with Crippen LogP contribution in [0.1, 0.15) is 83.3 Å². The molecule has 0 spiro atoms. The van der Waals surface area contributed by atoms with Crippen LogP contribution in [-0.4, -0.2) is 24.7 Å². The van der Waals surface area contributed by atoms with Crippen molar-refractivity contribution >= 4 is 10.1 Å². The Morgan fingerprint density at radius 1 is 0.825 bits per heavy atom. The fraction of sp³-hybridized carbons (Fsp3) is 0.394. The summed E-state index contributed by atoms with van der Waals surface area (Å²) in [6, 6.07) is 18.3. The van der Waals surface area contributed by atoms with Gasteiger partial charge in [-0.1, -0.05) is 100 Å². The summed E-state index contributed by atoms with van der Waals surface area (Å²) in [4.78, 5) is -0.499. The highest BCUT2D eigenvalue weighted by molar-refractivity contribution is 7.85. The van der Waals surface area contributed by atoms with Crippen LogP contribution in [0.15, 0.2) is 71.6 Å². The highest BCUT2D eigenvalue weighted by atomic mass is 32.2. The zero-order chi connectivity index (χ0) is 28.8. The lowest BCUT2D eigenvalue weighted by Crippen LogP contribution is -2.04. The summed E-state index contributed by atoms with van der Waals surface area (Å²) >= 11 is 0. The van der Waals surface area contributed by atoms with Gasteiger partial charge in [0.15, 0.2) is 11.5 Å². The first-order valence-electron chi connectivity index (χ1n) is 14.1. The Morgan fingerprint density at radius 3 is 2.17 bits per heavy atom. The van der Waals surface area contributed by atoms with E-state index in [1.54, 1.807) is 54.6 Å². The maximum Gasteiger partial charge on any atom is 0.169 e. The van der Waals surface area contributed by atoms with Crippen LogP contribution in [0.5, 0.6) is 17.2 Å². The predicted molar refractivity (Wildman–Crippen MR) is 157 cm³/mol. The summed E-state index contributed by atoms with van der Waals surface area (Å²) in [6.45, 7) is 4.44. The Bertz CT molecular complexity index is 1390. The van der Waals surface area contributed by atoms with E-state index in [1.807, 2.05) is 6.92 Å². The maximum atomic E-state index is 12.2. The molecule has 214 valence electrons. The van der Waals surface area contributed by atoms with E-state index >= 15 is 0 Å². The van der Waals surface area contributed by atoms with E-state index in [4.69, 9.17) is 9.47 Å². The number of benzene rings is 3. The van der Waals surface area contributed by atoms with Gasteiger partial charge in [0.05, 0.1) is 11.5 Å². The first kappa shape index (κ1) is 31.2. The Morgan fingerprint density at radius 2 is 1.48 bits per heavy atom. The Labute approximate surface area is 239 Å². The van der Waals surface area contributed by atoms with E-state index in [2.05, 4.69) is 18.8 Å². The van der Waals surface area contributed by atoms with Gasteiger partial charge < -0.3 is 19.1 Å². The summed E-state index contributed by atoms with van der Waals surface area (Å²) in [7, 11) is -4.88. The van der Waals surface area contributed by atoms with E-state index < -0.39 is 21.1 Å². The van der Waals surface area contributed by atoms with Crippen LogP contribution in [0.25, 0.3) is 11.1 Å². The van der Waals surface area contributed by atoms with Gasteiger partial charge in [0, 0.05) is 12.0 Å². The third kappa shape index (κ3) is 9.41. The second-order valence-electron chi connectivity index (χ2n) is 9.63. The molecule has 40 heavy (non-hydrogen) atoms. The van der Waals surface area contributed by atoms with Crippen molar-refractivity contribution in [2.24, 2.45) is 0 Å². The molecule has 0 aliphatic rings. The van der Waals surface area contributed by atoms with Crippen LogP contribution in [0.2, 0.25) is 0 Å². The summed E-state index contributed by atoms with van der Waals surface area (Å²) in [5, 5.41) is 10.9. The third-order valence-corrected chi connectivity index (χ3v) is 7.40. The normalized spacial score (nSPS) is 11.9. The minimum Gasteiger partial charge on any atom is -0.744 e. The molecule has 3 aromatic rings. The molecule has 0 aliphatic carbocycles. The van der Waals surface area contributed by atoms with E-state index in [9.17, 15) is 18.1 Å². The third-order valence-electron chi connectivity index (χ3n) is 6.54. The number of hydrogen-bond donors (Lipinski definition) is 1. The van der Waals surface area contributed by atoms with Crippen LogP contribution in [0.4, 0.5) is 0 Å². The first-order valence-corrected chi connectivity index (χ1v) is 15.5. The molecule has 3 aromatic carbocycles. The van der Waals surface area contributed by atoms with Crippen molar-refractivity contribution in [2.75, 3.05) is 6.61 Å². The molecule has 0 aliphatic heterocycles. The highest BCUT2D eigenvalue weighted by Crippen LogP contribution is 2.38. The predicted octanol–water partition coefficient (Wildman–Crippen LogP) is 8.02. The van der Waals surface area contributed by atoms with E-state index in [-0.39, 0.29) is 5.75 Å². The monoisotopic (exact) mass is 563 g/mol. The van der Waals surface area contributed by atoms with Crippen LogP contribution < -0.4 is 9.47 Å². The number of hydrogen-bond acceptors (Lipinski definition) is 6. The number of aliphatic hydroxyl groups is 1. The van der Waals surface area contributed by atoms with Crippen molar-refractivity contribution in [2.45, 2.75) is 82.6 Å². The molecule has 0 aromatic heterocycles. The molecule has 1 unspecified atom stereocenters. The second-order valence-corrected chi connectivity index (χ2v) is 11.0. The lowest BCUT2D eigenvalue weighted by molar-refractivity contribution is 0.239. The van der Waals surface area contributed by atoms with Gasteiger partial charge in [0.25, 0.3) is 0 Å². The minimum absolute atomic E-state index is 0.103. The average molecular weight is 564 g/mol. The molecule has 0 radical (unpaired) electrons. The summed E-state index contributed by atoms with van der Waals surface area (Å²) in [6.07, 6.45) is 9.40. The molecule has 6 nitrogen and oxygen atoms in total. The van der Waals surface area contributed by atoms with Crippen molar-refractivity contribution in [3.05, 3.63) is 72.3 Å². The molecule has 0 saturated carbocycles. The molecule has 0 bridgehead atoms. The average Bonchev–Trinajstić information content (AvgIpc) is 2.95. The van der Waals surface area contributed by atoms with Gasteiger partial charge in [-0.15, -0.1) is 5.92 Å². The quantitative estimate of drug-likeness (QED) is 0.114. The van der Waals surface area contributed by atoms with Crippen LogP contribution in [0, 0.1) is 11.8 Å². The smallest absolute Gasteiger partial charge is 0.169 e. The molecule has 0 heterocycles. The van der Waals surface area contributed by atoms with Gasteiger partial charge in [-0.05, 0) is 48.7 Å². The zero-order valence-electron chi connectivity index (χ0n) is 23.4. The van der Waals surface area contributed by atoms with E-state index in [1.165, 1.54) is 50.7 Å². The summed E-state index contributed by atoms with van der Waals surface area (Å²) in [5.41, 5.74) is 1.58. The number of para-hydroxylation sites is 2. The van der Waals surface area contributed by atoms with Crippen molar-refractivity contribution in [1.82, 2.24) is 0 Å². The number of unbranched alkanes of at least 4 members (excludes halogenated alkanes) is 8. The van der Waals surface area contributed by atoms with Crippen molar-refractivity contribution in [3.8, 4) is 40.2 Å². The van der Waals surface area contributed by atoms with Gasteiger partial charge >= 0.3 is 0 Å². The highest BCUT2D eigenvalue weighted by Gasteiger charge is 2.18. The summed E-state index contributed by atoms with van der Waals surface area (Å²) in [5.74, 6) is 6.63. The topological polar surface area (TPSA) is 95.9 Å². The number of rotatable bonds is 15. The largest absolute Gasteiger partial charge is 0.744 e. The Balaban J connectivity index is 1.76. The van der Waals surface area contributed by atoms with Gasteiger partial charge in [-0.2, -0.15) is 0 Å². The van der Waals surface area contributed by atoms with Crippen molar-refractivity contribution in [3.63, 3.8) is 0 Å². The van der Waals surface area contributed by atoms with Crippen molar-refractivity contribution < 1.29 is 27.6 Å². The fourth-order valence-corrected chi connectivity index (χ4v) is 5.10. The minimum atomic E-state index is -4.88. The lowest BCUT2D eigenvalue weighted by atomic mass is 9.96. The zero-order valence-corrected chi connectivity index (χ0v) is 24.2. The number of ether oxygens (including phenoxy) is 2.